The van der Waals surface area contributed by atoms with Crippen molar-refractivity contribution < 1.29 is 9.53 Å². The van der Waals surface area contributed by atoms with E-state index in [4.69, 9.17) is 23.2 Å². The van der Waals surface area contributed by atoms with Crippen molar-refractivity contribution in [2.45, 2.75) is 0 Å². The normalized spacial score (nSPS) is 9.73. The van der Waals surface area contributed by atoms with Gasteiger partial charge in [-0.1, -0.05) is 34.5 Å². The highest BCUT2D eigenvalue weighted by Crippen LogP contribution is 2.27. The molecule has 1 aromatic rings. The largest absolute Gasteiger partial charge is 0.464 e. The number of rotatable bonds is 1. The summed E-state index contributed by atoms with van der Waals surface area (Å²) in [5.74, 6) is -0.571. The van der Waals surface area contributed by atoms with Crippen molar-refractivity contribution in [1.29, 1.82) is 0 Å². The van der Waals surface area contributed by atoms with Gasteiger partial charge in [-0.2, -0.15) is 0 Å². The average molecular weight is 212 g/mol. The standard InChI is InChI=1S/C5H3Cl2NO2S/c1-10-4(9)2-3(6)11-5(7)8-2/h1H3. The van der Waals surface area contributed by atoms with Crippen molar-refractivity contribution >= 4 is 40.5 Å². The SMILES string of the molecule is COC(=O)c1nc(Cl)sc1Cl. The first-order valence-electron chi connectivity index (χ1n) is 2.55. The predicted octanol–water partition coefficient (Wildman–Crippen LogP) is 2.24. The van der Waals surface area contributed by atoms with Gasteiger partial charge in [0.1, 0.15) is 4.34 Å². The van der Waals surface area contributed by atoms with E-state index < -0.39 is 5.97 Å². The lowest BCUT2D eigenvalue weighted by Crippen LogP contribution is -2.01. The maximum atomic E-state index is 10.8. The fraction of sp³-hybridized carbons (Fsp3) is 0.200. The summed E-state index contributed by atoms with van der Waals surface area (Å²) in [6.45, 7) is 0. The molecule has 0 unspecified atom stereocenters. The maximum absolute atomic E-state index is 10.8. The average Bonchev–Trinajstić information content (AvgIpc) is 2.28. The molecule has 0 aromatic carbocycles. The van der Waals surface area contributed by atoms with Crippen LogP contribution in [0.25, 0.3) is 0 Å². The van der Waals surface area contributed by atoms with Gasteiger partial charge in [0.05, 0.1) is 7.11 Å². The topological polar surface area (TPSA) is 39.2 Å². The van der Waals surface area contributed by atoms with Crippen LogP contribution in [0, 0.1) is 0 Å². The smallest absolute Gasteiger partial charge is 0.359 e. The Hall–Kier alpha value is -0.320. The molecule has 0 radical (unpaired) electrons. The summed E-state index contributed by atoms with van der Waals surface area (Å²) >= 11 is 12.1. The quantitative estimate of drug-likeness (QED) is 0.670. The van der Waals surface area contributed by atoms with Gasteiger partial charge in [0.25, 0.3) is 0 Å². The van der Waals surface area contributed by atoms with Gasteiger partial charge in [0.2, 0.25) is 0 Å². The van der Waals surface area contributed by atoms with Crippen LogP contribution in [0.2, 0.25) is 8.80 Å². The van der Waals surface area contributed by atoms with Gasteiger partial charge in [-0.15, -0.1) is 0 Å². The van der Waals surface area contributed by atoms with Gasteiger partial charge in [-0.3, -0.25) is 0 Å². The van der Waals surface area contributed by atoms with Gasteiger partial charge in [0.15, 0.2) is 10.2 Å². The van der Waals surface area contributed by atoms with Gasteiger partial charge >= 0.3 is 5.97 Å². The van der Waals surface area contributed by atoms with E-state index in [0.717, 1.165) is 11.3 Å². The number of hydrogen-bond acceptors (Lipinski definition) is 4. The lowest BCUT2D eigenvalue weighted by atomic mass is 10.5. The summed E-state index contributed by atoms with van der Waals surface area (Å²) in [5.41, 5.74) is 0.0733. The van der Waals surface area contributed by atoms with Crippen molar-refractivity contribution in [3.63, 3.8) is 0 Å². The van der Waals surface area contributed by atoms with Crippen molar-refractivity contribution in [3.05, 3.63) is 14.5 Å². The number of ether oxygens (including phenoxy) is 1. The molecule has 0 amide bonds. The van der Waals surface area contributed by atoms with Gasteiger partial charge in [0, 0.05) is 0 Å². The first-order valence-corrected chi connectivity index (χ1v) is 4.12. The molecular formula is C5H3Cl2NO2S. The second-order valence-corrected chi connectivity index (χ2v) is 3.76. The number of nitrogens with zero attached hydrogens (tertiary/aromatic N) is 1. The van der Waals surface area contributed by atoms with E-state index in [9.17, 15) is 4.79 Å². The Kier molecular flexibility index (Phi) is 2.70. The van der Waals surface area contributed by atoms with Crippen LogP contribution >= 0.6 is 34.5 Å². The van der Waals surface area contributed by atoms with Crippen LogP contribution in [-0.4, -0.2) is 18.1 Å². The van der Waals surface area contributed by atoms with Gasteiger partial charge < -0.3 is 4.74 Å². The molecule has 3 nitrogen and oxygen atoms in total. The molecule has 0 aliphatic carbocycles. The van der Waals surface area contributed by atoms with Crippen LogP contribution in [0.15, 0.2) is 0 Å². The minimum absolute atomic E-state index is 0.0733. The Morgan fingerprint density at radius 1 is 1.64 bits per heavy atom. The lowest BCUT2D eigenvalue weighted by Gasteiger charge is -1.91. The third-order valence-corrected chi connectivity index (χ3v) is 2.30. The molecule has 0 bridgehead atoms. The fourth-order valence-electron chi connectivity index (χ4n) is 0.500. The summed E-state index contributed by atoms with van der Waals surface area (Å²) in [6.07, 6.45) is 0. The van der Waals surface area contributed by atoms with Crippen LogP contribution in [0.3, 0.4) is 0 Å². The predicted molar refractivity (Wildman–Crippen MR) is 43.5 cm³/mol. The van der Waals surface area contributed by atoms with E-state index in [0.29, 0.717) is 0 Å². The molecule has 0 aliphatic rings. The molecule has 60 valence electrons. The molecule has 1 aromatic heterocycles. The summed E-state index contributed by atoms with van der Waals surface area (Å²) in [7, 11) is 1.26. The van der Waals surface area contributed by atoms with E-state index in [1.807, 2.05) is 0 Å². The Labute approximate surface area is 76.9 Å². The van der Waals surface area contributed by atoms with Crippen LogP contribution < -0.4 is 0 Å². The van der Waals surface area contributed by atoms with Crippen LogP contribution in [0.5, 0.6) is 0 Å². The zero-order valence-corrected chi connectivity index (χ0v) is 7.76. The molecule has 0 spiro atoms. The number of carbonyl (C=O) groups is 1. The summed E-state index contributed by atoms with van der Waals surface area (Å²) in [6, 6.07) is 0. The monoisotopic (exact) mass is 211 g/mol. The Morgan fingerprint density at radius 2 is 2.27 bits per heavy atom. The summed E-state index contributed by atoms with van der Waals surface area (Å²) < 4.78 is 4.88. The highest BCUT2D eigenvalue weighted by Gasteiger charge is 2.15. The van der Waals surface area contributed by atoms with E-state index in [-0.39, 0.29) is 14.5 Å². The first kappa shape index (κ1) is 8.77. The zero-order chi connectivity index (χ0) is 8.43. The third-order valence-electron chi connectivity index (χ3n) is 0.938. The number of methoxy groups -OCH3 is 1. The number of esters is 1. The van der Waals surface area contributed by atoms with Crippen molar-refractivity contribution in [2.24, 2.45) is 0 Å². The summed E-state index contributed by atoms with van der Waals surface area (Å²) in [4.78, 5) is 14.5. The number of hydrogen-bond donors (Lipinski definition) is 0. The summed E-state index contributed by atoms with van der Waals surface area (Å²) in [5, 5.41) is 0. The Morgan fingerprint density at radius 3 is 2.64 bits per heavy atom. The third kappa shape index (κ3) is 1.83. The number of halogens is 2. The van der Waals surface area contributed by atoms with E-state index in [2.05, 4.69) is 9.72 Å². The Bertz CT molecular complexity index is 286. The van der Waals surface area contributed by atoms with Crippen molar-refractivity contribution in [1.82, 2.24) is 4.98 Å². The molecule has 0 saturated carbocycles. The van der Waals surface area contributed by atoms with E-state index >= 15 is 0 Å². The molecule has 0 atom stereocenters. The maximum Gasteiger partial charge on any atom is 0.359 e. The van der Waals surface area contributed by atoms with Gasteiger partial charge in [-0.25, -0.2) is 9.78 Å². The molecule has 0 aliphatic heterocycles. The number of thiazole rings is 1. The van der Waals surface area contributed by atoms with E-state index in [1.165, 1.54) is 7.11 Å². The molecule has 11 heavy (non-hydrogen) atoms. The molecule has 1 rings (SSSR count). The van der Waals surface area contributed by atoms with Gasteiger partial charge in [-0.05, 0) is 0 Å². The second kappa shape index (κ2) is 3.38. The molecule has 0 N–H and O–H groups in total. The van der Waals surface area contributed by atoms with E-state index in [1.54, 1.807) is 0 Å². The van der Waals surface area contributed by atoms with Crippen LogP contribution in [0.4, 0.5) is 0 Å². The van der Waals surface area contributed by atoms with Crippen LogP contribution in [-0.2, 0) is 4.74 Å². The lowest BCUT2D eigenvalue weighted by molar-refractivity contribution is 0.0595. The highest BCUT2D eigenvalue weighted by atomic mass is 35.5. The first-order chi connectivity index (χ1) is 5.15. The van der Waals surface area contributed by atoms with Crippen molar-refractivity contribution in [3.8, 4) is 0 Å². The minimum Gasteiger partial charge on any atom is -0.464 e. The Balaban J connectivity index is 3.03. The fourth-order valence-corrected chi connectivity index (χ4v) is 1.78. The number of carbonyl (C=O) groups excluding carboxylic acids is 1. The molecule has 0 saturated heterocycles. The molecule has 1 heterocycles. The zero-order valence-electron chi connectivity index (χ0n) is 5.43. The van der Waals surface area contributed by atoms with Crippen LogP contribution in [0.1, 0.15) is 10.5 Å². The molecular weight excluding hydrogens is 209 g/mol. The molecule has 0 fully saturated rings. The van der Waals surface area contributed by atoms with Crippen molar-refractivity contribution in [2.75, 3.05) is 7.11 Å². The molecule has 6 heteroatoms. The second-order valence-electron chi connectivity index (χ2n) is 1.58. The number of aromatic nitrogens is 1. The minimum atomic E-state index is -0.571. The highest BCUT2D eigenvalue weighted by molar-refractivity contribution is 7.19.